The van der Waals surface area contributed by atoms with Crippen molar-refractivity contribution >= 4 is 11.9 Å². The van der Waals surface area contributed by atoms with Gasteiger partial charge < -0.3 is 10.4 Å². The molecule has 0 saturated heterocycles. The highest BCUT2D eigenvalue weighted by Crippen LogP contribution is 2.41. The van der Waals surface area contributed by atoms with Crippen LogP contribution in [0.2, 0.25) is 0 Å². The Bertz CT molecular complexity index is 544. The molecular weight excluding hydrogens is 254 g/mol. The summed E-state index contributed by atoms with van der Waals surface area (Å²) in [6.45, 7) is 3.00. The van der Waals surface area contributed by atoms with Crippen LogP contribution in [0.3, 0.4) is 0 Å². The highest BCUT2D eigenvalue weighted by atomic mass is 16.4. The van der Waals surface area contributed by atoms with Gasteiger partial charge in [-0.1, -0.05) is 30.3 Å². The van der Waals surface area contributed by atoms with Crippen LogP contribution in [0.15, 0.2) is 41.5 Å². The molecule has 106 valence electrons. The van der Waals surface area contributed by atoms with E-state index in [1.807, 2.05) is 30.3 Å². The SMILES string of the molecule is CC(C(=O)O)=C(C)C(=O)NC(c1ccccc1)C1CC1. The van der Waals surface area contributed by atoms with Crippen LogP contribution in [0.4, 0.5) is 0 Å². The number of carbonyl (C=O) groups excluding carboxylic acids is 1. The molecule has 1 fully saturated rings. The summed E-state index contributed by atoms with van der Waals surface area (Å²) in [5, 5.41) is 11.9. The first-order chi connectivity index (χ1) is 9.50. The number of hydrogen-bond acceptors (Lipinski definition) is 2. The van der Waals surface area contributed by atoms with E-state index >= 15 is 0 Å². The molecule has 2 rings (SSSR count). The lowest BCUT2D eigenvalue weighted by atomic mass is 10.0. The number of carboxylic acid groups (broad SMARTS) is 1. The monoisotopic (exact) mass is 273 g/mol. The number of carbonyl (C=O) groups is 2. The highest BCUT2D eigenvalue weighted by molar-refractivity contribution is 6.01. The van der Waals surface area contributed by atoms with Gasteiger partial charge in [0.1, 0.15) is 0 Å². The first-order valence-electron chi connectivity index (χ1n) is 6.77. The Labute approximate surface area is 118 Å². The molecule has 0 aromatic heterocycles. The summed E-state index contributed by atoms with van der Waals surface area (Å²) in [5.41, 5.74) is 1.42. The van der Waals surface area contributed by atoms with Crippen molar-refractivity contribution in [1.82, 2.24) is 5.32 Å². The Kier molecular flexibility index (Phi) is 4.23. The number of nitrogens with one attached hydrogen (secondary N) is 1. The Balaban J connectivity index is 2.16. The van der Waals surface area contributed by atoms with Crippen molar-refractivity contribution < 1.29 is 14.7 Å². The fraction of sp³-hybridized carbons (Fsp3) is 0.375. The fourth-order valence-electron chi connectivity index (χ4n) is 2.14. The minimum atomic E-state index is -1.06. The molecule has 1 aromatic carbocycles. The van der Waals surface area contributed by atoms with Gasteiger partial charge in [0.05, 0.1) is 6.04 Å². The standard InChI is InChI=1S/C16H19NO3/c1-10(11(2)16(19)20)15(18)17-14(13-8-9-13)12-6-4-3-5-7-12/h3-7,13-14H,8-9H2,1-2H3,(H,17,18)(H,19,20). The molecule has 20 heavy (non-hydrogen) atoms. The number of aliphatic carboxylic acids is 1. The molecule has 2 N–H and O–H groups in total. The molecule has 1 unspecified atom stereocenters. The zero-order chi connectivity index (χ0) is 14.7. The van der Waals surface area contributed by atoms with Crippen LogP contribution in [0.25, 0.3) is 0 Å². The zero-order valence-electron chi connectivity index (χ0n) is 11.7. The maximum Gasteiger partial charge on any atom is 0.331 e. The van der Waals surface area contributed by atoms with E-state index in [0.717, 1.165) is 18.4 Å². The van der Waals surface area contributed by atoms with E-state index in [4.69, 9.17) is 5.11 Å². The second-order valence-corrected chi connectivity index (χ2v) is 5.25. The average molecular weight is 273 g/mol. The van der Waals surface area contributed by atoms with E-state index in [2.05, 4.69) is 5.32 Å². The normalized spacial score (nSPS) is 17.1. The third-order valence-electron chi connectivity index (χ3n) is 3.76. The van der Waals surface area contributed by atoms with Crippen molar-refractivity contribution in [3.63, 3.8) is 0 Å². The van der Waals surface area contributed by atoms with Crippen molar-refractivity contribution in [2.24, 2.45) is 5.92 Å². The molecule has 0 aliphatic heterocycles. The first-order valence-corrected chi connectivity index (χ1v) is 6.77. The van der Waals surface area contributed by atoms with Gasteiger partial charge in [-0.05, 0) is 38.2 Å². The number of carboxylic acids is 1. The van der Waals surface area contributed by atoms with Gasteiger partial charge in [-0.3, -0.25) is 4.79 Å². The molecule has 4 heteroatoms. The quantitative estimate of drug-likeness (QED) is 0.810. The van der Waals surface area contributed by atoms with Gasteiger partial charge >= 0.3 is 5.97 Å². The van der Waals surface area contributed by atoms with Gasteiger partial charge in [-0.25, -0.2) is 4.79 Å². The van der Waals surface area contributed by atoms with E-state index in [-0.39, 0.29) is 23.1 Å². The van der Waals surface area contributed by atoms with Gasteiger partial charge in [0.2, 0.25) is 5.91 Å². The summed E-state index contributed by atoms with van der Waals surface area (Å²) in [7, 11) is 0. The fourth-order valence-corrected chi connectivity index (χ4v) is 2.14. The maximum absolute atomic E-state index is 12.2. The molecule has 1 saturated carbocycles. The second-order valence-electron chi connectivity index (χ2n) is 5.25. The minimum Gasteiger partial charge on any atom is -0.478 e. The molecule has 1 amide bonds. The van der Waals surface area contributed by atoms with Crippen LogP contribution in [0.5, 0.6) is 0 Å². The van der Waals surface area contributed by atoms with Crippen LogP contribution < -0.4 is 5.32 Å². The van der Waals surface area contributed by atoms with Gasteiger partial charge in [0.25, 0.3) is 0 Å². The molecule has 1 aliphatic rings. The van der Waals surface area contributed by atoms with Crippen LogP contribution in [-0.4, -0.2) is 17.0 Å². The van der Waals surface area contributed by atoms with Crippen LogP contribution >= 0.6 is 0 Å². The molecule has 0 bridgehead atoms. The van der Waals surface area contributed by atoms with Crippen molar-refractivity contribution in [2.75, 3.05) is 0 Å². The van der Waals surface area contributed by atoms with Crippen molar-refractivity contribution in [3.05, 3.63) is 47.0 Å². The number of amides is 1. The van der Waals surface area contributed by atoms with Crippen LogP contribution in [0.1, 0.15) is 38.3 Å². The summed E-state index contributed by atoms with van der Waals surface area (Å²) < 4.78 is 0. The van der Waals surface area contributed by atoms with Gasteiger partial charge in [-0.2, -0.15) is 0 Å². The minimum absolute atomic E-state index is 0.0276. The van der Waals surface area contributed by atoms with Crippen LogP contribution in [0, 0.1) is 5.92 Å². The summed E-state index contributed by atoms with van der Waals surface area (Å²) in [4.78, 5) is 23.1. The maximum atomic E-state index is 12.2. The molecule has 0 heterocycles. The average Bonchev–Trinajstić information content (AvgIpc) is 3.28. The number of benzene rings is 1. The van der Waals surface area contributed by atoms with Crippen LogP contribution in [-0.2, 0) is 9.59 Å². The molecule has 4 nitrogen and oxygen atoms in total. The lowest BCUT2D eigenvalue weighted by Crippen LogP contribution is -2.31. The zero-order valence-corrected chi connectivity index (χ0v) is 11.7. The van der Waals surface area contributed by atoms with E-state index in [1.165, 1.54) is 6.92 Å². The third-order valence-corrected chi connectivity index (χ3v) is 3.76. The summed E-state index contributed by atoms with van der Waals surface area (Å²) in [6, 6.07) is 9.79. The smallest absolute Gasteiger partial charge is 0.331 e. The van der Waals surface area contributed by atoms with Gasteiger partial charge in [0.15, 0.2) is 0 Å². The third kappa shape index (κ3) is 3.26. The Hall–Kier alpha value is -2.10. The van der Waals surface area contributed by atoms with E-state index in [9.17, 15) is 9.59 Å². The largest absolute Gasteiger partial charge is 0.478 e. The van der Waals surface area contributed by atoms with E-state index in [1.54, 1.807) is 6.92 Å². The number of hydrogen-bond donors (Lipinski definition) is 2. The predicted molar refractivity (Wildman–Crippen MR) is 76.1 cm³/mol. The molecule has 0 spiro atoms. The summed E-state index contributed by atoms with van der Waals surface area (Å²) in [6.07, 6.45) is 2.20. The summed E-state index contributed by atoms with van der Waals surface area (Å²) in [5.74, 6) is -0.898. The lowest BCUT2D eigenvalue weighted by molar-refractivity contribution is -0.133. The van der Waals surface area contributed by atoms with Gasteiger partial charge in [-0.15, -0.1) is 0 Å². The Morgan fingerprint density at radius 1 is 1.15 bits per heavy atom. The number of rotatable bonds is 5. The Morgan fingerprint density at radius 3 is 2.25 bits per heavy atom. The lowest BCUT2D eigenvalue weighted by Gasteiger charge is -2.19. The Morgan fingerprint density at radius 2 is 1.75 bits per heavy atom. The topological polar surface area (TPSA) is 66.4 Å². The van der Waals surface area contributed by atoms with Gasteiger partial charge in [0, 0.05) is 11.1 Å². The van der Waals surface area contributed by atoms with Crippen molar-refractivity contribution in [2.45, 2.75) is 32.7 Å². The van der Waals surface area contributed by atoms with Crippen molar-refractivity contribution in [3.8, 4) is 0 Å². The van der Waals surface area contributed by atoms with E-state index < -0.39 is 5.97 Å². The summed E-state index contributed by atoms with van der Waals surface area (Å²) >= 11 is 0. The molecule has 1 aliphatic carbocycles. The first kappa shape index (κ1) is 14.3. The second kappa shape index (κ2) is 5.90. The van der Waals surface area contributed by atoms with Crippen molar-refractivity contribution in [1.29, 1.82) is 0 Å². The molecule has 1 aromatic rings. The molecule has 1 atom stereocenters. The predicted octanol–water partition coefficient (Wildman–Crippen LogP) is 2.67. The molecule has 0 radical (unpaired) electrons. The highest BCUT2D eigenvalue weighted by Gasteiger charge is 2.33. The van der Waals surface area contributed by atoms with E-state index in [0.29, 0.717) is 5.92 Å². The molecular formula is C16H19NO3.